The zero-order valence-electron chi connectivity index (χ0n) is 16.3. The SMILES string of the molecule is CCOC(=O)C1=C(CN[C@H](c2ccc(F)cc2)C(C)C)NC(=O)N[C@H]1CC. The molecule has 1 aliphatic heterocycles. The van der Waals surface area contributed by atoms with Crippen LogP contribution in [0.15, 0.2) is 35.5 Å². The molecule has 0 unspecified atom stereocenters. The van der Waals surface area contributed by atoms with Crippen molar-refractivity contribution in [2.24, 2.45) is 5.92 Å². The Morgan fingerprint density at radius 1 is 1.26 bits per heavy atom. The van der Waals surface area contributed by atoms with E-state index in [2.05, 4.69) is 29.8 Å². The molecule has 3 N–H and O–H groups in total. The fourth-order valence-corrected chi connectivity index (χ4v) is 3.22. The molecule has 0 radical (unpaired) electrons. The number of urea groups is 1. The number of rotatable bonds is 8. The molecular formula is C20H28FN3O3. The number of amides is 2. The minimum Gasteiger partial charge on any atom is -0.463 e. The Morgan fingerprint density at radius 2 is 1.93 bits per heavy atom. The predicted molar refractivity (Wildman–Crippen MR) is 101 cm³/mol. The molecule has 7 heteroatoms. The van der Waals surface area contributed by atoms with E-state index >= 15 is 0 Å². The van der Waals surface area contributed by atoms with Gasteiger partial charge in [-0.05, 0) is 37.0 Å². The number of hydrogen-bond donors (Lipinski definition) is 3. The lowest BCUT2D eigenvalue weighted by Gasteiger charge is -2.30. The summed E-state index contributed by atoms with van der Waals surface area (Å²) in [5.74, 6) is -0.497. The van der Waals surface area contributed by atoms with Gasteiger partial charge in [0.25, 0.3) is 0 Å². The van der Waals surface area contributed by atoms with E-state index in [1.165, 1.54) is 12.1 Å². The van der Waals surface area contributed by atoms with Gasteiger partial charge in [-0.15, -0.1) is 0 Å². The number of nitrogens with one attached hydrogen (secondary N) is 3. The van der Waals surface area contributed by atoms with Crippen LogP contribution in [-0.2, 0) is 9.53 Å². The molecule has 0 aromatic heterocycles. The summed E-state index contributed by atoms with van der Waals surface area (Å²) in [7, 11) is 0. The highest BCUT2D eigenvalue weighted by molar-refractivity contribution is 5.94. The number of carbonyl (C=O) groups is 2. The Kier molecular flexibility index (Phi) is 7.36. The third-order valence-corrected chi connectivity index (χ3v) is 4.54. The second kappa shape index (κ2) is 9.50. The molecule has 0 saturated carbocycles. The van der Waals surface area contributed by atoms with Crippen LogP contribution in [0.5, 0.6) is 0 Å². The molecule has 0 saturated heterocycles. The van der Waals surface area contributed by atoms with Crippen LogP contribution in [0.2, 0.25) is 0 Å². The molecule has 6 nitrogen and oxygen atoms in total. The van der Waals surface area contributed by atoms with Crippen molar-refractivity contribution in [1.82, 2.24) is 16.0 Å². The fraction of sp³-hybridized carbons (Fsp3) is 0.500. The number of hydrogen-bond acceptors (Lipinski definition) is 4. The molecule has 1 heterocycles. The highest BCUT2D eigenvalue weighted by atomic mass is 19.1. The molecular weight excluding hydrogens is 349 g/mol. The van der Waals surface area contributed by atoms with Gasteiger partial charge in [0, 0.05) is 18.3 Å². The number of benzene rings is 1. The zero-order chi connectivity index (χ0) is 20.0. The van der Waals surface area contributed by atoms with Crippen LogP contribution in [0.1, 0.15) is 45.7 Å². The van der Waals surface area contributed by atoms with Gasteiger partial charge in [-0.1, -0.05) is 32.9 Å². The third-order valence-electron chi connectivity index (χ3n) is 4.54. The van der Waals surface area contributed by atoms with Crippen LogP contribution in [0.3, 0.4) is 0 Å². The molecule has 27 heavy (non-hydrogen) atoms. The Labute approximate surface area is 159 Å². The summed E-state index contributed by atoms with van der Waals surface area (Å²) in [6.45, 7) is 8.30. The lowest BCUT2D eigenvalue weighted by atomic mass is 9.95. The summed E-state index contributed by atoms with van der Waals surface area (Å²) in [4.78, 5) is 24.4. The lowest BCUT2D eigenvalue weighted by Crippen LogP contribution is -2.52. The molecule has 0 spiro atoms. The molecule has 2 rings (SSSR count). The maximum absolute atomic E-state index is 13.2. The molecule has 1 aromatic rings. The van der Waals surface area contributed by atoms with E-state index in [4.69, 9.17) is 4.74 Å². The average Bonchev–Trinajstić information content (AvgIpc) is 2.62. The first kappa shape index (κ1) is 20.9. The van der Waals surface area contributed by atoms with Crippen molar-refractivity contribution < 1.29 is 18.7 Å². The van der Waals surface area contributed by atoms with E-state index in [0.717, 1.165) is 5.56 Å². The van der Waals surface area contributed by atoms with Crippen molar-refractivity contribution in [3.63, 3.8) is 0 Å². The van der Waals surface area contributed by atoms with Gasteiger partial charge in [0.05, 0.1) is 18.2 Å². The Balaban J connectivity index is 2.27. The van der Waals surface area contributed by atoms with Gasteiger partial charge in [0.1, 0.15) is 5.82 Å². The standard InChI is InChI=1S/C20H28FN3O3/c1-5-15-17(19(25)27-6-2)16(24-20(26)23-15)11-22-18(12(3)4)13-7-9-14(21)10-8-13/h7-10,12,15,18,22H,5-6,11H2,1-4H3,(H2,23,24,26)/t15-,18-/m0/s1. The molecule has 1 aliphatic rings. The van der Waals surface area contributed by atoms with Gasteiger partial charge in [-0.3, -0.25) is 0 Å². The van der Waals surface area contributed by atoms with Crippen LogP contribution in [-0.4, -0.2) is 31.2 Å². The second-order valence-electron chi connectivity index (χ2n) is 6.83. The Bertz CT molecular complexity index is 701. The maximum Gasteiger partial charge on any atom is 0.337 e. The first-order valence-electron chi connectivity index (χ1n) is 9.33. The number of carbonyl (C=O) groups excluding carboxylic acids is 2. The first-order chi connectivity index (χ1) is 12.9. The molecule has 148 valence electrons. The zero-order valence-corrected chi connectivity index (χ0v) is 16.3. The van der Waals surface area contributed by atoms with Gasteiger partial charge < -0.3 is 20.7 Å². The van der Waals surface area contributed by atoms with Crippen molar-refractivity contribution in [2.75, 3.05) is 13.2 Å². The molecule has 2 atom stereocenters. The second-order valence-corrected chi connectivity index (χ2v) is 6.83. The topological polar surface area (TPSA) is 79.5 Å². The summed E-state index contributed by atoms with van der Waals surface area (Å²) >= 11 is 0. The van der Waals surface area contributed by atoms with Crippen LogP contribution in [0.4, 0.5) is 9.18 Å². The molecule has 0 aliphatic carbocycles. The first-order valence-corrected chi connectivity index (χ1v) is 9.33. The molecule has 2 amide bonds. The Hall–Kier alpha value is -2.41. The van der Waals surface area contributed by atoms with Crippen molar-refractivity contribution in [1.29, 1.82) is 0 Å². The minimum absolute atomic E-state index is 0.0617. The van der Waals surface area contributed by atoms with Gasteiger partial charge in [-0.2, -0.15) is 0 Å². The number of esters is 1. The number of halogens is 1. The fourth-order valence-electron chi connectivity index (χ4n) is 3.22. The number of ether oxygens (including phenoxy) is 1. The van der Waals surface area contributed by atoms with Crippen molar-refractivity contribution in [3.05, 3.63) is 46.9 Å². The highest BCUT2D eigenvalue weighted by Gasteiger charge is 2.31. The summed E-state index contributed by atoms with van der Waals surface area (Å²) < 4.78 is 18.4. The Morgan fingerprint density at radius 3 is 2.48 bits per heavy atom. The smallest absolute Gasteiger partial charge is 0.337 e. The average molecular weight is 377 g/mol. The summed E-state index contributed by atoms with van der Waals surface area (Å²) in [5, 5.41) is 8.87. The molecule has 1 aromatic carbocycles. The molecule has 0 bridgehead atoms. The summed E-state index contributed by atoms with van der Waals surface area (Å²) in [6, 6.07) is 5.54. The minimum atomic E-state index is -0.434. The largest absolute Gasteiger partial charge is 0.463 e. The quantitative estimate of drug-likeness (QED) is 0.609. The van der Waals surface area contributed by atoms with Gasteiger partial charge in [0.2, 0.25) is 0 Å². The van der Waals surface area contributed by atoms with Crippen molar-refractivity contribution >= 4 is 12.0 Å². The monoisotopic (exact) mass is 377 g/mol. The van der Waals surface area contributed by atoms with Crippen LogP contribution in [0.25, 0.3) is 0 Å². The van der Waals surface area contributed by atoms with E-state index in [1.54, 1.807) is 19.1 Å². The third kappa shape index (κ3) is 5.29. The lowest BCUT2D eigenvalue weighted by molar-refractivity contribution is -0.139. The van der Waals surface area contributed by atoms with E-state index in [1.807, 2.05) is 6.92 Å². The highest BCUT2D eigenvalue weighted by Crippen LogP contribution is 2.23. The van der Waals surface area contributed by atoms with Crippen molar-refractivity contribution in [2.45, 2.75) is 46.2 Å². The van der Waals surface area contributed by atoms with Crippen LogP contribution in [0, 0.1) is 11.7 Å². The van der Waals surface area contributed by atoms with E-state index in [9.17, 15) is 14.0 Å². The van der Waals surface area contributed by atoms with Gasteiger partial charge in [-0.25, -0.2) is 14.0 Å². The van der Waals surface area contributed by atoms with Crippen LogP contribution < -0.4 is 16.0 Å². The van der Waals surface area contributed by atoms with Crippen LogP contribution >= 0.6 is 0 Å². The van der Waals surface area contributed by atoms with E-state index in [0.29, 0.717) is 17.7 Å². The summed E-state index contributed by atoms with van der Waals surface area (Å²) in [5.41, 5.74) is 1.89. The predicted octanol–water partition coefficient (Wildman–Crippen LogP) is 3.02. The van der Waals surface area contributed by atoms with E-state index in [-0.39, 0.29) is 37.0 Å². The normalized spacial score (nSPS) is 18.1. The van der Waals surface area contributed by atoms with Gasteiger partial charge >= 0.3 is 12.0 Å². The summed E-state index contributed by atoms with van der Waals surface area (Å²) in [6.07, 6.45) is 0.580. The maximum atomic E-state index is 13.2. The van der Waals surface area contributed by atoms with Gasteiger partial charge in [0.15, 0.2) is 0 Å². The van der Waals surface area contributed by atoms with E-state index < -0.39 is 12.0 Å². The van der Waals surface area contributed by atoms with Crippen molar-refractivity contribution in [3.8, 4) is 0 Å². The molecule has 0 fully saturated rings.